The van der Waals surface area contributed by atoms with Gasteiger partial charge in [0.15, 0.2) is 0 Å². The molecule has 2 rings (SSSR count). The smallest absolute Gasteiger partial charge is 0.0651 e. The van der Waals surface area contributed by atoms with Gasteiger partial charge in [-0.15, -0.1) is 0 Å². The Morgan fingerprint density at radius 3 is 2.88 bits per heavy atom. The van der Waals surface area contributed by atoms with Crippen molar-refractivity contribution in [1.82, 2.24) is 4.98 Å². The first kappa shape index (κ1) is 11.6. The number of nitrogens with zero attached hydrogens (tertiary/aromatic N) is 1. The highest BCUT2D eigenvalue weighted by Gasteiger charge is 2.32. The third-order valence-electron chi connectivity index (χ3n) is 3.95. The van der Waals surface area contributed by atoms with Crippen LogP contribution < -0.4 is 0 Å². The van der Waals surface area contributed by atoms with E-state index in [-0.39, 0.29) is 12.0 Å². The molecule has 0 saturated heterocycles. The second-order valence-corrected chi connectivity index (χ2v) is 4.76. The number of aryl methyl sites for hydroxylation is 1. The van der Waals surface area contributed by atoms with Crippen LogP contribution in [0.15, 0.2) is 18.3 Å². The quantitative estimate of drug-likeness (QED) is 0.844. The van der Waals surface area contributed by atoms with Gasteiger partial charge in [0.2, 0.25) is 0 Å². The third kappa shape index (κ3) is 1.99. The summed E-state index contributed by atoms with van der Waals surface area (Å²) >= 11 is 0. The summed E-state index contributed by atoms with van der Waals surface area (Å²) in [6.07, 6.45) is 5.87. The van der Waals surface area contributed by atoms with Crippen LogP contribution in [0.3, 0.4) is 0 Å². The zero-order valence-corrected chi connectivity index (χ0v) is 10.2. The van der Waals surface area contributed by atoms with Gasteiger partial charge in [-0.05, 0) is 30.4 Å². The van der Waals surface area contributed by atoms with E-state index >= 15 is 0 Å². The fourth-order valence-electron chi connectivity index (χ4n) is 2.88. The van der Waals surface area contributed by atoms with Crippen LogP contribution in [-0.4, -0.2) is 16.2 Å². The molecule has 0 aromatic carbocycles. The zero-order valence-electron chi connectivity index (χ0n) is 10.2. The molecule has 1 heterocycles. The van der Waals surface area contributed by atoms with E-state index in [0.717, 1.165) is 31.4 Å². The molecule has 2 unspecified atom stereocenters. The minimum atomic E-state index is -0.217. The van der Waals surface area contributed by atoms with Crippen molar-refractivity contribution in [2.75, 3.05) is 0 Å². The molecule has 0 fully saturated rings. The molecule has 0 amide bonds. The third-order valence-corrected chi connectivity index (χ3v) is 3.95. The van der Waals surface area contributed by atoms with Crippen molar-refractivity contribution < 1.29 is 5.11 Å². The second kappa shape index (κ2) is 4.96. The highest BCUT2D eigenvalue weighted by molar-refractivity contribution is 5.29. The Morgan fingerprint density at radius 2 is 2.19 bits per heavy atom. The average Bonchev–Trinajstić information content (AvgIpc) is 2.74. The van der Waals surface area contributed by atoms with Gasteiger partial charge in [0.25, 0.3) is 0 Å². The molecule has 0 bridgehead atoms. The topological polar surface area (TPSA) is 33.1 Å². The first-order chi connectivity index (χ1) is 7.77. The van der Waals surface area contributed by atoms with Gasteiger partial charge < -0.3 is 5.11 Å². The predicted octanol–water partition coefficient (Wildman–Crippen LogP) is 2.91. The van der Waals surface area contributed by atoms with Gasteiger partial charge in [-0.25, -0.2) is 0 Å². The van der Waals surface area contributed by atoms with Crippen LogP contribution in [0.1, 0.15) is 50.3 Å². The fourth-order valence-corrected chi connectivity index (χ4v) is 2.88. The molecule has 1 aliphatic rings. The van der Waals surface area contributed by atoms with Crippen molar-refractivity contribution in [2.45, 2.75) is 51.6 Å². The van der Waals surface area contributed by atoms with E-state index in [1.165, 1.54) is 5.56 Å². The highest BCUT2D eigenvalue weighted by Crippen LogP contribution is 2.37. The normalized spacial score (nSPS) is 21.1. The Hall–Kier alpha value is -0.890. The summed E-state index contributed by atoms with van der Waals surface area (Å²) < 4.78 is 0. The Balaban J connectivity index is 2.18. The van der Waals surface area contributed by atoms with E-state index in [2.05, 4.69) is 24.9 Å². The summed E-state index contributed by atoms with van der Waals surface area (Å²) in [6, 6.07) is 4.13. The lowest BCUT2D eigenvalue weighted by Gasteiger charge is -2.25. The van der Waals surface area contributed by atoms with E-state index in [1.807, 2.05) is 12.3 Å². The van der Waals surface area contributed by atoms with Gasteiger partial charge in [0.05, 0.1) is 6.10 Å². The SMILES string of the molecule is CCC(CC)C(O)C1CCc2cccnc21. The van der Waals surface area contributed by atoms with Crippen LogP contribution in [0.5, 0.6) is 0 Å². The van der Waals surface area contributed by atoms with E-state index in [1.54, 1.807) is 0 Å². The van der Waals surface area contributed by atoms with E-state index in [9.17, 15) is 5.11 Å². The van der Waals surface area contributed by atoms with Crippen LogP contribution in [0.4, 0.5) is 0 Å². The number of rotatable bonds is 4. The maximum absolute atomic E-state index is 10.4. The van der Waals surface area contributed by atoms with Crippen LogP contribution in [-0.2, 0) is 6.42 Å². The van der Waals surface area contributed by atoms with Crippen LogP contribution in [0, 0.1) is 5.92 Å². The standard InChI is InChI=1S/C14H21NO/c1-3-10(4-2)14(16)12-8-7-11-6-5-9-15-13(11)12/h5-6,9-10,12,14,16H,3-4,7-8H2,1-2H3. The lowest BCUT2D eigenvalue weighted by atomic mass is 9.86. The summed E-state index contributed by atoms with van der Waals surface area (Å²) in [7, 11) is 0. The number of aliphatic hydroxyl groups is 1. The van der Waals surface area contributed by atoms with Crippen molar-refractivity contribution in [1.29, 1.82) is 0 Å². The number of aliphatic hydroxyl groups excluding tert-OH is 1. The molecule has 2 heteroatoms. The molecule has 0 aliphatic heterocycles. The van der Waals surface area contributed by atoms with Crippen molar-refractivity contribution in [2.24, 2.45) is 5.92 Å². The first-order valence-corrected chi connectivity index (χ1v) is 6.39. The Morgan fingerprint density at radius 1 is 1.44 bits per heavy atom. The minimum absolute atomic E-state index is 0.217. The minimum Gasteiger partial charge on any atom is -0.392 e. The molecule has 2 nitrogen and oxygen atoms in total. The molecular weight excluding hydrogens is 198 g/mol. The number of pyridine rings is 1. The maximum atomic E-state index is 10.4. The van der Waals surface area contributed by atoms with Crippen molar-refractivity contribution in [3.05, 3.63) is 29.6 Å². The highest BCUT2D eigenvalue weighted by atomic mass is 16.3. The first-order valence-electron chi connectivity index (χ1n) is 6.39. The van der Waals surface area contributed by atoms with Crippen molar-refractivity contribution in [3.8, 4) is 0 Å². The number of hydrogen-bond donors (Lipinski definition) is 1. The maximum Gasteiger partial charge on any atom is 0.0651 e. The van der Waals surface area contributed by atoms with Crippen LogP contribution in [0.25, 0.3) is 0 Å². The van der Waals surface area contributed by atoms with Gasteiger partial charge in [-0.2, -0.15) is 0 Å². The molecule has 2 atom stereocenters. The Labute approximate surface area is 97.7 Å². The van der Waals surface area contributed by atoms with Gasteiger partial charge in [0.1, 0.15) is 0 Å². The fraction of sp³-hybridized carbons (Fsp3) is 0.643. The summed E-state index contributed by atoms with van der Waals surface area (Å²) in [5.74, 6) is 0.680. The molecule has 1 aromatic rings. The summed E-state index contributed by atoms with van der Waals surface area (Å²) in [6.45, 7) is 4.32. The van der Waals surface area contributed by atoms with Crippen molar-refractivity contribution >= 4 is 0 Å². The number of aromatic nitrogens is 1. The molecule has 88 valence electrons. The van der Waals surface area contributed by atoms with E-state index in [0.29, 0.717) is 5.92 Å². The number of fused-ring (bicyclic) bond motifs is 1. The van der Waals surface area contributed by atoms with Gasteiger partial charge >= 0.3 is 0 Å². The molecule has 1 N–H and O–H groups in total. The second-order valence-electron chi connectivity index (χ2n) is 4.76. The largest absolute Gasteiger partial charge is 0.392 e. The monoisotopic (exact) mass is 219 g/mol. The van der Waals surface area contributed by atoms with Crippen LogP contribution in [0.2, 0.25) is 0 Å². The van der Waals surface area contributed by atoms with E-state index < -0.39 is 0 Å². The lowest BCUT2D eigenvalue weighted by Crippen LogP contribution is -2.26. The van der Waals surface area contributed by atoms with Gasteiger partial charge in [-0.1, -0.05) is 32.8 Å². The van der Waals surface area contributed by atoms with Gasteiger partial charge in [-0.3, -0.25) is 4.98 Å². The van der Waals surface area contributed by atoms with Crippen molar-refractivity contribution in [3.63, 3.8) is 0 Å². The van der Waals surface area contributed by atoms with Crippen LogP contribution >= 0.6 is 0 Å². The predicted molar refractivity (Wildman–Crippen MR) is 65.4 cm³/mol. The average molecular weight is 219 g/mol. The molecule has 1 aromatic heterocycles. The Kier molecular flexibility index (Phi) is 3.59. The molecule has 0 spiro atoms. The van der Waals surface area contributed by atoms with E-state index in [4.69, 9.17) is 0 Å². The summed E-state index contributed by atoms with van der Waals surface area (Å²) in [5, 5.41) is 10.4. The zero-order chi connectivity index (χ0) is 11.5. The number of hydrogen-bond acceptors (Lipinski definition) is 2. The Bertz CT molecular complexity index is 346. The lowest BCUT2D eigenvalue weighted by molar-refractivity contribution is 0.0747. The molecule has 0 saturated carbocycles. The molecule has 16 heavy (non-hydrogen) atoms. The molecule has 1 aliphatic carbocycles. The molecular formula is C14H21NO. The van der Waals surface area contributed by atoms with Gasteiger partial charge in [0, 0.05) is 17.8 Å². The summed E-state index contributed by atoms with van der Waals surface area (Å²) in [4.78, 5) is 4.45. The summed E-state index contributed by atoms with van der Waals surface area (Å²) in [5.41, 5.74) is 2.47. The molecule has 0 radical (unpaired) electrons.